The Morgan fingerprint density at radius 2 is 1.79 bits per heavy atom. The first-order chi connectivity index (χ1) is 14.2. The van der Waals surface area contributed by atoms with E-state index in [-0.39, 0.29) is 5.91 Å². The highest BCUT2D eigenvalue weighted by Gasteiger charge is 2.17. The molecule has 0 spiro atoms. The van der Waals surface area contributed by atoms with Crippen molar-refractivity contribution in [2.75, 3.05) is 13.1 Å². The second-order valence-electron chi connectivity index (χ2n) is 7.83. The number of fused-ring (bicyclic) bond motifs is 1. The molecule has 1 aromatic heterocycles. The van der Waals surface area contributed by atoms with Gasteiger partial charge in [0.15, 0.2) is 0 Å². The van der Waals surface area contributed by atoms with E-state index in [1.165, 1.54) is 32.1 Å². The maximum Gasteiger partial charge on any atom is 0.268 e. The van der Waals surface area contributed by atoms with Crippen molar-refractivity contribution in [2.45, 2.75) is 44.6 Å². The lowest BCUT2D eigenvalue weighted by atomic mass is 9.95. The summed E-state index contributed by atoms with van der Waals surface area (Å²) in [6.07, 6.45) is 7.54. The molecule has 29 heavy (non-hydrogen) atoms. The van der Waals surface area contributed by atoms with Gasteiger partial charge in [0.05, 0.1) is 5.69 Å². The van der Waals surface area contributed by atoms with Crippen molar-refractivity contribution in [3.05, 3.63) is 59.2 Å². The lowest BCUT2D eigenvalue weighted by Gasteiger charge is -2.22. The molecule has 4 nitrogen and oxygen atoms in total. The summed E-state index contributed by atoms with van der Waals surface area (Å²) in [5.74, 6) is -0.0721. The molecular formula is C24H28ClN3O. The molecule has 1 saturated carbocycles. The first-order valence-corrected chi connectivity index (χ1v) is 11.0. The van der Waals surface area contributed by atoms with Crippen molar-refractivity contribution in [2.24, 2.45) is 0 Å². The lowest BCUT2D eigenvalue weighted by molar-refractivity contribution is 0.0950. The average Bonchev–Trinajstić information content (AvgIpc) is 3.13. The summed E-state index contributed by atoms with van der Waals surface area (Å²) in [6.45, 7) is 1.61. The molecule has 5 heteroatoms. The quantitative estimate of drug-likeness (QED) is 0.449. The molecule has 4 rings (SSSR count). The molecule has 0 bridgehead atoms. The van der Waals surface area contributed by atoms with E-state index in [1.807, 2.05) is 48.5 Å². The number of H-pyrrole nitrogens is 1. The molecule has 0 unspecified atom stereocenters. The van der Waals surface area contributed by atoms with E-state index >= 15 is 0 Å². The summed E-state index contributed by atoms with van der Waals surface area (Å²) in [4.78, 5) is 16.2. The van der Waals surface area contributed by atoms with Crippen LogP contribution in [0.2, 0.25) is 5.02 Å². The van der Waals surface area contributed by atoms with Crippen molar-refractivity contribution in [1.82, 2.24) is 15.6 Å². The van der Waals surface area contributed by atoms with Crippen LogP contribution in [0.1, 0.15) is 49.0 Å². The monoisotopic (exact) mass is 409 g/mol. The van der Waals surface area contributed by atoms with Crippen molar-refractivity contribution in [1.29, 1.82) is 0 Å². The molecule has 2 aromatic carbocycles. The number of benzene rings is 2. The highest BCUT2D eigenvalue weighted by molar-refractivity contribution is 6.31. The number of aromatic nitrogens is 1. The van der Waals surface area contributed by atoms with Gasteiger partial charge in [0.1, 0.15) is 5.69 Å². The van der Waals surface area contributed by atoms with Crippen LogP contribution in [-0.2, 0) is 0 Å². The molecule has 152 valence electrons. The topological polar surface area (TPSA) is 56.9 Å². The molecule has 1 amide bonds. The molecule has 3 aromatic rings. The maximum absolute atomic E-state index is 12.9. The smallest absolute Gasteiger partial charge is 0.268 e. The SMILES string of the molecule is O=C(NCCCNC1CCCCC1)c1[nH]c(-c2ccccc2)c2cc(Cl)ccc12. The first-order valence-electron chi connectivity index (χ1n) is 10.6. The molecule has 0 aliphatic heterocycles. The van der Waals surface area contributed by atoms with E-state index in [9.17, 15) is 4.79 Å². The van der Waals surface area contributed by atoms with Gasteiger partial charge in [0.2, 0.25) is 0 Å². The van der Waals surface area contributed by atoms with Gasteiger partial charge in [0.25, 0.3) is 5.91 Å². The molecule has 0 atom stereocenters. The fourth-order valence-corrected chi connectivity index (χ4v) is 4.38. The second kappa shape index (κ2) is 9.47. The van der Waals surface area contributed by atoms with Gasteiger partial charge in [-0.1, -0.05) is 67.3 Å². The van der Waals surface area contributed by atoms with Gasteiger partial charge in [-0.3, -0.25) is 4.79 Å². The fraction of sp³-hybridized carbons (Fsp3) is 0.375. The normalized spacial score (nSPS) is 14.9. The van der Waals surface area contributed by atoms with Crippen LogP contribution in [0.4, 0.5) is 0 Å². The summed E-state index contributed by atoms with van der Waals surface area (Å²) < 4.78 is 0. The Morgan fingerprint density at radius 1 is 1.00 bits per heavy atom. The number of halogens is 1. The summed E-state index contributed by atoms with van der Waals surface area (Å²) in [6, 6.07) is 16.4. The van der Waals surface area contributed by atoms with Crippen LogP contribution in [-0.4, -0.2) is 30.0 Å². The van der Waals surface area contributed by atoms with Crippen molar-refractivity contribution < 1.29 is 4.79 Å². The Morgan fingerprint density at radius 3 is 2.59 bits per heavy atom. The molecule has 1 aliphatic rings. The number of amides is 1. The number of hydrogen-bond acceptors (Lipinski definition) is 2. The third-order valence-electron chi connectivity index (χ3n) is 5.74. The van der Waals surface area contributed by atoms with Crippen molar-refractivity contribution in [3.63, 3.8) is 0 Å². The van der Waals surface area contributed by atoms with E-state index in [2.05, 4.69) is 15.6 Å². The van der Waals surface area contributed by atoms with Gasteiger partial charge in [-0.2, -0.15) is 0 Å². The molecule has 1 fully saturated rings. The average molecular weight is 410 g/mol. The Hall–Kier alpha value is -2.30. The first kappa shape index (κ1) is 20.0. The molecule has 3 N–H and O–H groups in total. The van der Waals surface area contributed by atoms with E-state index in [0.717, 1.165) is 35.0 Å². The Bertz CT molecular complexity index is 961. The number of nitrogens with one attached hydrogen (secondary N) is 3. The summed E-state index contributed by atoms with van der Waals surface area (Å²) >= 11 is 6.23. The predicted octanol–water partition coefficient (Wildman–Crippen LogP) is 5.53. The lowest BCUT2D eigenvalue weighted by Crippen LogP contribution is -2.34. The van der Waals surface area contributed by atoms with Crippen LogP contribution in [0.25, 0.3) is 22.0 Å². The molecular weight excluding hydrogens is 382 g/mol. The number of rotatable bonds is 7. The predicted molar refractivity (Wildman–Crippen MR) is 121 cm³/mol. The molecule has 0 radical (unpaired) electrons. The molecule has 0 saturated heterocycles. The molecule has 1 aliphatic carbocycles. The third-order valence-corrected chi connectivity index (χ3v) is 5.97. The van der Waals surface area contributed by atoms with E-state index in [0.29, 0.717) is 23.3 Å². The second-order valence-corrected chi connectivity index (χ2v) is 8.27. The Balaban J connectivity index is 1.42. The zero-order chi connectivity index (χ0) is 20.1. The van der Waals surface area contributed by atoms with Crippen molar-refractivity contribution >= 4 is 28.3 Å². The van der Waals surface area contributed by atoms with Crippen LogP contribution >= 0.6 is 11.6 Å². The number of hydrogen-bond donors (Lipinski definition) is 3. The zero-order valence-electron chi connectivity index (χ0n) is 16.6. The van der Waals surface area contributed by atoms with Crippen LogP contribution in [0.3, 0.4) is 0 Å². The minimum absolute atomic E-state index is 0.0721. The number of carbonyl (C=O) groups is 1. The maximum atomic E-state index is 12.9. The Kier molecular flexibility index (Phi) is 6.53. The number of aromatic amines is 1. The molecule has 1 heterocycles. The van der Waals surface area contributed by atoms with E-state index in [1.54, 1.807) is 0 Å². The fourth-order valence-electron chi connectivity index (χ4n) is 4.20. The van der Waals surface area contributed by atoms with Gasteiger partial charge in [-0.25, -0.2) is 0 Å². The van der Waals surface area contributed by atoms with Gasteiger partial charge in [-0.05, 0) is 43.5 Å². The Labute approximate surface area is 177 Å². The highest BCUT2D eigenvalue weighted by Crippen LogP contribution is 2.32. The van der Waals surface area contributed by atoms with Gasteiger partial charge < -0.3 is 15.6 Å². The van der Waals surface area contributed by atoms with Crippen LogP contribution in [0.15, 0.2) is 48.5 Å². The minimum atomic E-state index is -0.0721. The van der Waals surface area contributed by atoms with Crippen molar-refractivity contribution in [3.8, 4) is 11.3 Å². The largest absolute Gasteiger partial charge is 0.351 e. The summed E-state index contributed by atoms with van der Waals surface area (Å²) in [7, 11) is 0. The summed E-state index contributed by atoms with van der Waals surface area (Å²) in [5.41, 5.74) is 2.55. The highest BCUT2D eigenvalue weighted by atomic mass is 35.5. The third kappa shape index (κ3) is 4.82. The summed E-state index contributed by atoms with van der Waals surface area (Å²) in [5, 5.41) is 9.21. The van der Waals surface area contributed by atoms with Crippen LogP contribution in [0.5, 0.6) is 0 Å². The van der Waals surface area contributed by atoms with Gasteiger partial charge in [-0.15, -0.1) is 0 Å². The van der Waals surface area contributed by atoms with Crippen LogP contribution < -0.4 is 10.6 Å². The minimum Gasteiger partial charge on any atom is -0.351 e. The number of carbonyl (C=O) groups excluding carboxylic acids is 1. The van der Waals surface area contributed by atoms with E-state index < -0.39 is 0 Å². The zero-order valence-corrected chi connectivity index (χ0v) is 17.4. The van der Waals surface area contributed by atoms with E-state index in [4.69, 9.17) is 11.6 Å². The van der Waals surface area contributed by atoms with Gasteiger partial charge in [0, 0.05) is 28.4 Å². The standard InChI is InChI=1S/C24H28ClN3O/c25-18-12-13-20-21(16-18)22(17-8-3-1-4-9-17)28-23(20)24(29)27-15-7-14-26-19-10-5-2-6-11-19/h1,3-4,8-9,12-13,16,19,26,28H,2,5-7,10-11,14-15H2,(H,27,29). The van der Waals surface area contributed by atoms with Gasteiger partial charge >= 0.3 is 0 Å². The van der Waals surface area contributed by atoms with Crippen LogP contribution in [0, 0.1) is 0 Å².